The van der Waals surface area contributed by atoms with Gasteiger partial charge in [-0.15, -0.1) is 0 Å². The van der Waals surface area contributed by atoms with Gasteiger partial charge in [-0.1, -0.05) is 0 Å². The summed E-state index contributed by atoms with van der Waals surface area (Å²) < 4.78 is 0. The van der Waals surface area contributed by atoms with E-state index in [0.29, 0.717) is 0 Å². The van der Waals surface area contributed by atoms with Gasteiger partial charge in [-0.2, -0.15) is 0 Å². The van der Waals surface area contributed by atoms with Gasteiger partial charge in [-0.05, 0) is 0 Å². The van der Waals surface area contributed by atoms with Gasteiger partial charge >= 0.3 is 51.2 Å². The van der Waals surface area contributed by atoms with Crippen molar-refractivity contribution in [2.75, 3.05) is 0 Å². The largest absolute Gasteiger partial charge is 2.00 e. The van der Waals surface area contributed by atoms with E-state index in [4.69, 9.17) is 0 Å². The molecule has 0 fully saturated rings. The van der Waals surface area contributed by atoms with Crippen LogP contribution in [0.25, 0.3) is 0 Å². The zero-order valence-electron chi connectivity index (χ0n) is 3.72. The maximum atomic E-state index is 0. The van der Waals surface area contributed by atoms with Crippen molar-refractivity contribution in [3.63, 3.8) is 0 Å². The summed E-state index contributed by atoms with van der Waals surface area (Å²) in [6.45, 7) is 0. The molecule has 2 radical (unpaired) electrons. The summed E-state index contributed by atoms with van der Waals surface area (Å²) in [6, 6.07) is 0. The van der Waals surface area contributed by atoms with E-state index >= 15 is 0 Å². The minimum atomic E-state index is 0. The van der Waals surface area contributed by atoms with Crippen LogP contribution in [0.1, 0.15) is 0 Å². The number of rotatable bonds is 0. The Morgan fingerprint density at radius 2 is 0.444 bits per heavy atom. The molecule has 0 aromatic heterocycles. The van der Waals surface area contributed by atoms with Gasteiger partial charge in [-0.25, -0.2) is 0 Å². The molecule has 0 aromatic carbocycles. The van der Waals surface area contributed by atoms with Crippen LogP contribution in [0, 0.1) is 0 Å². The van der Waals surface area contributed by atoms with Crippen molar-refractivity contribution in [2.45, 2.75) is 0 Å². The SMILES string of the molecule is [Cu+2].[Fe+2].[Mn+2].[OH-].[OH-].[OH-].[OH-].[OH-].[OH-]. The number of hydrogen-bond donors (Lipinski definition) is 0. The third kappa shape index (κ3) is 287. The molecule has 0 spiro atoms. The van der Waals surface area contributed by atoms with E-state index in [1.165, 1.54) is 0 Å². The van der Waals surface area contributed by atoms with Crippen LogP contribution >= 0.6 is 0 Å². The molecule has 0 heterocycles. The maximum Gasteiger partial charge on any atom is 2.00 e. The minimum Gasteiger partial charge on any atom is -0.870 e. The molecular weight excluding hydrogens is 270 g/mol. The minimum absolute atomic E-state index is 0. The Morgan fingerprint density at radius 3 is 0.444 bits per heavy atom. The van der Waals surface area contributed by atoms with E-state index in [1.807, 2.05) is 0 Å². The van der Waals surface area contributed by atoms with Gasteiger partial charge in [0.25, 0.3) is 0 Å². The van der Waals surface area contributed by atoms with Gasteiger partial charge in [0, 0.05) is 0 Å². The molecular formula is H6CuFeMnO6. The van der Waals surface area contributed by atoms with E-state index in [-0.39, 0.29) is 84.1 Å². The average Bonchev–Trinajstić information content (AvgIpc) is 0. The molecule has 0 aliphatic carbocycles. The van der Waals surface area contributed by atoms with Gasteiger partial charge < -0.3 is 32.9 Å². The van der Waals surface area contributed by atoms with Crippen molar-refractivity contribution in [3.05, 3.63) is 0 Å². The Kier molecular flexibility index (Phi) is 21200. The van der Waals surface area contributed by atoms with Crippen molar-refractivity contribution in [3.8, 4) is 0 Å². The molecule has 6 nitrogen and oxygen atoms in total. The Hall–Kier alpha value is 1.32. The topological polar surface area (TPSA) is 180 Å². The molecule has 0 bridgehead atoms. The second-order valence-corrected chi connectivity index (χ2v) is 0. The predicted octanol–water partition coefficient (Wildman–Crippen LogP) is -1.07. The van der Waals surface area contributed by atoms with Crippen LogP contribution in [0.4, 0.5) is 0 Å². The fourth-order valence-electron chi connectivity index (χ4n) is 0. The zero-order valence-corrected chi connectivity index (χ0v) is 6.94. The molecule has 0 atom stereocenters. The monoisotopic (exact) mass is 276 g/mol. The molecule has 9 heteroatoms. The van der Waals surface area contributed by atoms with Crippen LogP contribution in [0.2, 0.25) is 0 Å². The van der Waals surface area contributed by atoms with Crippen molar-refractivity contribution < 1.29 is 84.1 Å². The summed E-state index contributed by atoms with van der Waals surface area (Å²) in [7, 11) is 0. The van der Waals surface area contributed by atoms with E-state index in [0.717, 1.165) is 0 Å². The fraction of sp³-hybridized carbons (Fsp3) is 0. The number of hydrogen-bond acceptors (Lipinski definition) is 6. The molecule has 0 aliphatic heterocycles. The van der Waals surface area contributed by atoms with Crippen molar-refractivity contribution >= 4 is 0 Å². The standard InChI is InChI=1S/Cu.Fe.Mn.6H2O/h;;;6*1H2/q3*+2;;;;;;/p-6. The van der Waals surface area contributed by atoms with Gasteiger partial charge in [0.15, 0.2) is 0 Å². The van der Waals surface area contributed by atoms with Crippen LogP contribution in [0.3, 0.4) is 0 Å². The molecule has 0 amide bonds. The third-order valence-electron chi connectivity index (χ3n) is 0. The first-order valence-corrected chi connectivity index (χ1v) is 0. The summed E-state index contributed by atoms with van der Waals surface area (Å²) in [6.07, 6.45) is 0. The second-order valence-electron chi connectivity index (χ2n) is 0. The zero-order chi connectivity index (χ0) is 0. The van der Waals surface area contributed by atoms with Gasteiger partial charge in [-0.3, -0.25) is 0 Å². The Balaban J connectivity index is 0. The van der Waals surface area contributed by atoms with Crippen molar-refractivity contribution in [1.29, 1.82) is 0 Å². The molecule has 0 aliphatic rings. The average molecular weight is 276 g/mol. The molecule has 9 heavy (non-hydrogen) atoms. The Morgan fingerprint density at radius 1 is 0.444 bits per heavy atom. The van der Waals surface area contributed by atoms with Gasteiger partial charge in [0.05, 0.1) is 0 Å². The summed E-state index contributed by atoms with van der Waals surface area (Å²) in [5, 5.41) is 0. The molecule has 0 aromatic rings. The van der Waals surface area contributed by atoms with Crippen LogP contribution in [0.5, 0.6) is 0 Å². The summed E-state index contributed by atoms with van der Waals surface area (Å²) in [5.74, 6) is 0. The molecule has 0 saturated carbocycles. The van der Waals surface area contributed by atoms with Gasteiger partial charge in [0.1, 0.15) is 0 Å². The van der Waals surface area contributed by atoms with Crippen molar-refractivity contribution in [2.24, 2.45) is 0 Å². The molecule has 0 saturated heterocycles. The third-order valence-corrected chi connectivity index (χ3v) is 0. The first kappa shape index (κ1) is 515. The Bertz CT molecular complexity index is 13.0. The van der Waals surface area contributed by atoms with Crippen LogP contribution in [-0.2, 0) is 51.2 Å². The van der Waals surface area contributed by atoms with Gasteiger partial charge in [0.2, 0.25) is 0 Å². The quantitative estimate of drug-likeness (QED) is 0.507. The van der Waals surface area contributed by atoms with Crippen molar-refractivity contribution in [1.82, 2.24) is 0 Å². The Labute approximate surface area is 84.0 Å². The first-order valence-electron chi connectivity index (χ1n) is 0. The summed E-state index contributed by atoms with van der Waals surface area (Å²) >= 11 is 0. The first-order chi connectivity index (χ1) is 0. The van der Waals surface area contributed by atoms with Crippen LogP contribution < -0.4 is 0 Å². The van der Waals surface area contributed by atoms with E-state index in [9.17, 15) is 0 Å². The summed E-state index contributed by atoms with van der Waals surface area (Å²) in [5.41, 5.74) is 0. The van der Waals surface area contributed by atoms with Crippen LogP contribution in [0.15, 0.2) is 0 Å². The van der Waals surface area contributed by atoms with E-state index in [2.05, 4.69) is 0 Å². The van der Waals surface area contributed by atoms with Crippen LogP contribution in [-0.4, -0.2) is 32.9 Å². The fourth-order valence-corrected chi connectivity index (χ4v) is 0. The predicted molar refractivity (Wildman–Crippen MR) is 11.6 cm³/mol. The smallest absolute Gasteiger partial charge is 0.870 e. The molecule has 6 N–H and O–H groups in total. The molecule has 68 valence electrons. The maximum absolute atomic E-state index is 0. The van der Waals surface area contributed by atoms with E-state index in [1.54, 1.807) is 0 Å². The molecule has 0 rings (SSSR count). The summed E-state index contributed by atoms with van der Waals surface area (Å²) in [4.78, 5) is 0. The van der Waals surface area contributed by atoms with E-state index < -0.39 is 0 Å². The molecule has 0 unspecified atom stereocenters. The second kappa shape index (κ2) is 371. The normalized spacial score (nSPS) is 0.